The molecule has 3 rings (SSSR count). The van der Waals surface area contributed by atoms with Crippen molar-refractivity contribution in [3.8, 4) is 0 Å². The molecule has 1 amide bonds. The predicted octanol–water partition coefficient (Wildman–Crippen LogP) is 2.76. The third-order valence-electron chi connectivity index (χ3n) is 3.17. The van der Waals surface area contributed by atoms with E-state index < -0.39 is 0 Å². The zero-order valence-corrected chi connectivity index (χ0v) is 12.2. The van der Waals surface area contributed by atoms with Crippen molar-refractivity contribution in [2.75, 3.05) is 5.73 Å². The molecule has 3 aromatic rings. The summed E-state index contributed by atoms with van der Waals surface area (Å²) in [7, 11) is 0. The van der Waals surface area contributed by atoms with Gasteiger partial charge < -0.3 is 11.1 Å². The molecule has 106 valence electrons. The zero-order chi connectivity index (χ0) is 14.8. The fourth-order valence-electron chi connectivity index (χ4n) is 2.08. The van der Waals surface area contributed by atoms with Gasteiger partial charge in [0, 0.05) is 12.4 Å². The Labute approximate surface area is 125 Å². The number of aromatic nitrogens is 2. The van der Waals surface area contributed by atoms with Crippen LogP contribution in [0.4, 0.5) is 5.69 Å². The minimum Gasteiger partial charge on any atom is -0.396 e. The second-order valence-electron chi connectivity index (χ2n) is 4.64. The molecule has 3 N–H and O–H groups in total. The molecule has 0 aromatic carbocycles. The summed E-state index contributed by atoms with van der Waals surface area (Å²) in [4.78, 5) is 21.3. The highest BCUT2D eigenvalue weighted by Gasteiger charge is 2.19. The third kappa shape index (κ3) is 2.57. The van der Waals surface area contributed by atoms with Crippen LogP contribution < -0.4 is 11.1 Å². The van der Waals surface area contributed by atoms with Crippen molar-refractivity contribution in [2.24, 2.45) is 0 Å². The fraction of sp³-hybridized carbons (Fsp3) is 0.133. The number of pyridine rings is 2. The van der Waals surface area contributed by atoms with Crippen molar-refractivity contribution < 1.29 is 4.79 Å². The Morgan fingerprint density at radius 2 is 2.05 bits per heavy atom. The highest BCUT2D eigenvalue weighted by molar-refractivity contribution is 7.21. The first-order valence-electron chi connectivity index (χ1n) is 6.51. The third-order valence-corrected chi connectivity index (χ3v) is 4.33. The van der Waals surface area contributed by atoms with Gasteiger partial charge in [-0.25, -0.2) is 0 Å². The fourth-order valence-corrected chi connectivity index (χ4v) is 3.07. The minimum atomic E-state index is -0.200. The monoisotopic (exact) mass is 298 g/mol. The Bertz CT molecular complexity index is 785. The normalized spacial score (nSPS) is 12.2. The number of hydrogen-bond acceptors (Lipinski definition) is 5. The molecular weight excluding hydrogens is 284 g/mol. The number of anilines is 1. The van der Waals surface area contributed by atoms with Gasteiger partial charge in [-0.2, -0.15) is 0 Å². The topological polar surface area (TPSA) is 80.9 Å². The van der Waals surface area contributed by atoms with E-state index in [-0.39, 0.29) is 11.9 Å². The molecule has 0 aliphatic rings. The molecule has 21 heavy (non-hydrogen) atoms. The summed E-state index contributed by atoms with van der Waals surface area (Å²) in [5, 5.41) is 2.92. The molecule has 0 bridgehead atoms. The van der Waals surface area contributed by atoms with Crippen molar-refractivity contribution >= 4 is 33.1 Å². The highest BCUT2D eigenvalue weighted by Crippen LogP contribution is 2.32. The molecule has 0 fully saturated rings. The van der Waals surface area contributed by atoms with Crippen LogP contribution in [0, 0.1) is 0 Å². The van der Waals surface area contributed by atoms with E-state index in [9.17, 15) is 4.79 Å². The van der Waals surface area contributed by atoms with Gasteiger partial charge in [-0.05, 0) is 31.2 Å². The molecular formula is C15H14N4OS. The summed E-state index contributed by atoms with van der Waals surface area (Å²) in [6.45, 7) is 1.89. The van der Waals surface area contributed by atoms with E-state index in [4.69, 9.17) is 5.73 Å². The number of rotatable bonds is 3. The molecule has 5 nitrogen and oxygen atoms in total. The van der Waals surface area contributed by atoms with Gasteiger partial charge in [-0.3, -0.25) is 14.8 Å². The number of carbonyl (C=O) groups excluding carboxylic acids is 1. The maximum absolute atomic E-state index is 12.4. The summed E-state index contributed by atoms with van der Waals surface area (Å²) in [5.74, 6) is -0.200. The lowest BCUT2D eigenvalue weighted by molar-refractivity contribution is 0.0944. The Morgan fingerprint density at radius 3 is 2.76 bits per heavy atom. The predicted molar refractivity (Wildman–Crippen MR) is 84.2 cm³/mol. The van der Waals surface area contributed by atoms with E-state index in [1.54, 1.807) is 12.4 Å². The van der Waals surface area contributed by atoms with Crippen molar-refractivity contribution in [3.05, 3.63) is 53.3 Å². The SMILES string of the molecule is CC(NC(=O)c1sc2cccnc2c1N)c1ccccn1. The van der Waals surface area contributed by atoms with Gasteiger partial charge in [0.05, 0.1) is 22.1 Å². The second-order valence-corrected chi connectivity index (χ2v) is 5.70. The van der Waals surface area contributed by atoms with Crippen LogP contribution in [0.1, 0.15) is 28.3 Å². The molecule has 0 aliphatic heterocycles. The van der Waals surface area contributed by atoms with Crippen LogP contribution in [0.25, 0.3) is 10.2 Å². The molecule has 6 heteroatoms. The van der Waals surface area contributed by atoms with E-state index in [1.165, 1.54) is 11.3 Å². The average Bonchev–Trinajstić information content (AvgIpc) is 2.86. The van der Waals surface area contributed by atoms with Crippen LogP contribution in [0.5, 0.6) is 0 Å². The summed E-state index contributed by atoms with van der Waals surface area (Å²) in [5.41, 5.74) is 7.95. The number of nitrogens with two attached hydrogens (primary N) is 1. The molecule has 0 aliphatic carbocycles. The van der Waals surface area contributed by atoms with Crippen molar-refractivity contribution in [2.45, 2.75) is 13.0 Å². The minimum absolute atomic E-state index is 0.184. The Hall–Kier alpha value is -2.47. The van der Waals surface area contributed by atoms with Gasteiger partial charge in [-0.15, -0.1) is 11.3 Å². The van der Waals surface area contributed by atoms with Gasteiger partial charge in [0.25, 0.3) is 5.91 Å². The number of nitrogens with one attached hydrogen (secondary N) is 1. The summed E-state index contributed by atoms with van der Waals surface area (Å²) >= 11 is 1.35. The number of amides is 1. The number of hydrogen-bond donors (Lipinski definition) is 2. The van der Waals surface area contributed by atoms with E-state index >= 15 is 0 Å². The molecule has 0 radical (unpaired) electrons. The standard InChI is InChI=1S/C15H14N4OS/c1-9(10-5-2-3-7-17-10)19-15(20)14-12(16)13-11(21-14)6-4-8-18-13/h2-9H,16H2,1H3,(H,19,20). The summed E-state index contributed by atoms with van der Waals surface area (Å²) in [6.07, 6.45) is 3.37. The smallest absolute Gasteiger partial charge is 0.264 e. The Morgan fingerprint density at radius 1 is 1.24 bits per heavy atom. The summed E-state index contributed by atoms with van der Waals surface area (Å²) in [6, 6.07) is 9.16. The van der Waals surface area contributed by atoms with Crippen LogP contribution in [0.15, 0.2) is 42.7 Å². The lowest BCUT2D eigenvalue weighted by Gasteiger charge is -2.12. The quantitative estimate of drug-likeness (QED) is 0.779. The molecule has 3 aromatic heterocycles. The molecule has 1 unspecified atom stereocenters. The van der Waals surface area contributed by atoms with Crippen LogP contribution in [0.3, 0.4) is 0 Å². The van der Waals surface area contributed by atoms with Gasteiger partial charge in [0.1, 0.15) is 10.4 Å². The van der Waals surface area contributed by atoms with E-state index in [0.29, 0.717) is 16.1 Å². The first-order valence-corrected chi connectivity index (χ1v) is 7.33. The first kappa shape index (κ1) is 13.5. The number of fused-ring (bicyclic) bond motifs is 1. The number of carbonyl (C=O) groups is 1. The van der Waals surface area contributed by atoms with Crippen LogP contribution in [0.2, 0.25) is 0 Å². The average molecular weight is 298 g/mol. The molecule has 0 saturated carbocycles. The maximum atomic E-state index is 12.4. The van der Waals surface area contributed by atoms with Gasteiger partial charge in [0.15, 0.2) is 0 Å². The number of thiophene rings is 1. The van der Waals surface area contributed by atoms with Gasteiger partial charge in [-0.1, -0.05) is 6.07 Å². The first-order chi connectivity index (χ1) is 10.2. The largest absolute Gasteiger partial charge is 0.396 e. The molecule has 0 spiro atoms. The Balaban J connectivity index is 1.86. The van der Waals surface area contributed by atoms with Crippen molar-refractivity contribution in [1.29, 1.82) is 0 Å². The van der Waals surface area contributed by atoms with Crippen LogP contribution in [-0.4, -0.2) is 15.9 Å². The Kier molecular flexibility index (Phi) is 3.53. The van der Waals surface area contributed by atoms with Crippen molar-refractivity contribution in [3.63, 3.8) is 0 Å². The van der Waals surface area contributed by atoms with Gasteiger partial charge >= 0.3 is 0 Å². The maximum Gasteiger partial charge on any atom is 0.264 e. The summed E-state index contributed by atoms with van der Waals surface area (Å²) < 4.78 is 0.908. The zero-order valence-electron chi connectivity index (χ0n) is 11.4. The van der Waals surface area contributed by atoms with Crippen LogP contribution >= 0.6 is 11.3 Å². The lowest BCUT2D eigenvalue weighted by Crippen LogP contribution is -2.27. The van der Waals surface area contributed by atoms with E-state index in [1.807, 2.05) is 37.3 Å². The van der Waals surface area contributed by atoms with Crippen LogP contribution in [-0.2, 0) is 0 Å². The molecule has 0 saturated heterocycles. The highest BCUT2D eigenvalue weighted by atomic mass is 32.1. The number of nitrogen functional groups attached to an aromatic ring is 1. The second kappa shape index (κ2) is 5.49. The number of nitrogens with zero attached hydrogens (tertiary/aromatic N) is 2. The molecule has 1 atom stereocenters. The van der Waals surface area contributed by atoms with E-state index in [0.717, 1.165) is 10.4 Å². The molecule has 3 heterocycles. The van der Waals surface area contributed by atoms with Crippen molar-refractivity contribution in [1.82, 2.24) is 15.3 Å². The lowest BCUT2D eigenvalue weighted by atomic mass is 10.2. The van der Waals surface area contributed by atoms with Gasteiger partial charge in [0.2, 0.25) is 0 Å². The van der Waals surface area contributed by atoms with E-state index in [2.05, 4.69) is 15.3 Å².